The van der Waals surface area contributed by atoms with E-state index < -0.39 is 0 Å². The number of pyridine rings is 1. The highest BCUT2D eigenvalue weighted by Crippen LogP contribution is 2.58. The maximum Gasteiger partial charge on any atom is 0.321 e. The molecular weight excluding hydrogens is 352 g/mol. The molecule has 0 radical (unpaired) electrons. The molecule has 2 fully saturated rings. The Kier molecular flexibility index (Phi) is 5.03. The minimum Gasteiger partial charge on any atom is -0.352 e. The number of likely N-dealkylation sites (tertiary alicyclic amines) is 1. The van der Waals surface area contributed by atoms with E-state index in [1.54, 1.807) is 12.4 Å². The molecule has 3 amide bonds. The molecule has 6 heteroatoms. The van der Waals surface area contributed by atoms with Crippen molar-refractivity contribution >= 4 is 17.6 Å². The van der Waals surface area contributed by atoms with Gasteiger partial charge in [0.1, 0.15) is 0 Å². The molecule has 0 unspecified atom stereocenters. The van der Waals surface area contributed by atoms with Crippen molar-refractivity contribution in [3.63, 3.8) is 0 Å². The fourth-order valence-corrected chi connectivity index (χ4v) is 4.12. The molecule has 1 aromatic carbocycles. The van der Waals surface area contributed by atoms with Crippen LogP contribution in [0.2, 0.25) is 0 Å². The minimum absolute atomic E-state index is 0.00977. The molecule has 2 aliphatic rings. The number of aromatic nitrogens is 1. The second-order valence-electron chi connectivity index (χ2n) is 7.85. The summed E-state index contributed by atoms with van der Waals surface area (Å²) in [5.41, 5.74) is 3.03. The second-order valence-corrected chi connectivity index (χ2v) is 7.85. The number of nitrogens with one attached hydrogen (secondary N) is 2. The Balaban J connectivity index is 1.29. The van der Waals surface area contributed by atoms with Crippen molar-refractivity contribution in [2.75, 3.05) is 18.4 Å². The Morgan fingerprint density at radius 3 is 2.82 bits per heavy atom. The van der Waals surface area contributed by atoms with E-state index in [-0.39, 0.29) is 23.3 Å². The van der Waals surface area contributed by atoms with E-state index in [0.717, 1.165) is 30.5 Å². The summed E-state index contributed by atoms with van der Waals surface area (Å²) >= 11 is 0. The molecule has 4 rings (SSSR count). The van der Waals surface area contributed by atoms with Crippen molar-refractivity contribution in [2.45, 2.75) is 32.7 Å². The van der Waals surface area contributed by atoms with E-state index in [1.165, 1.54) is 5.56 Å². The van der Waals surface area contributed by atoms with Gasteiger partial charge in [-0.3, -0.25) is 9.78 Å². The number of benzene rings is 1. The topological polar surface area (TPSA) is 74.3 Å². The van der Waals surface area contributed by atoms with Crippen LogP contribution >= 0.6 is 0 Å². The zero-order valence-electron chi connectivity index (χ0n) is 16.1. The number of anilines is 1. The van der Waals surface area contributed by atoms with Gasteiger partial charge < -0.3 is 15.5 Å². The van der Waals surface area contributed by atoms with Crippen molar-refractivity contribution < 1.29 is 9.59 Å². The third-order valence-electron chi connectivity index (χ3n) is 5.98. The molecule has 1 spiro atoms. The van der Waals surface area contributed by atoms with Crippen LogP contribution in [0.1, 0.15) is 30.9 Å². The summed E-state index contributed by atoms with van der Waals surface area (Å²) in [6.07, 6.45) is 6.15. The highest BCUT2D eigenvalue weighted by atomic mass is 16.2. The largest absolute Gasteiger partial charge is 0.352 e. The molecule has 2 heterocycles. The van der Waals surface area contributed by atoms with Crippen molar-refractivity contribution in [1.82, 2.24) is 15.2 Å². The molecule has 0 bridgehead atoms. The zero-order chi connectivity index (χ0) is 19.6. The van der Waals surface area contributed by atoms with Crippen LogP contribution in [-0.2, 0) is 17.8 Å². The fourth-order valence-electron chi connectivity index (χ4n) is 4.12. The molecule has 1 aliphatic heterocycles. The predicted molar refractivity (Wildman–Crippen MR) is 108 cm³/mol. The summed E-state index contributed by atoms with van der Waals surface area (Å²) < 4.78 is 0. The average Bonchev–Trinajstić information content (AvgIpc) is 3.26. The third kappa shape index (κ3) is 3.86. The highest BCUT2D eigenvalue weighted by Gasteiger charge is 2.61. The van der Waals surface area contributed by atoms with Crippen LogP contribution < -0.4 is 10.6 Å². The first-order valence-corrected chi connectivity index (χ1v) is 9.91. The average molecular weight is 378 g/mol. The number of carbonyl (C=O) groups is 2. The van der Waals surface area contributed by atoms with Crippen molar-refractivity contribution in [2.24, 2.45) is 11.3 Å². The maximum atomic E-state index is 12.6. The van der Waals surface area contributed by atoms with E-state index in [4.69, 9.17) is 0 Å². The minimum atomic E-state index is -0.0760. The first-order valence-electron chi connectivity index (χ1n) is 9.91. The molecule has 1 aromatic heterocycles. The summed E-state index contributed by atoms with van der Waals surface area (Å²) in [5, 5.41) is 6.02. The van der Waals surface area contributed by atoms with Gasteiger partial charge in [-0.05, 0) is 54.7 Å². The maximum absolute atomic E-state index is 12.6. The van der Waals surface area contributed by atoms with Crippen LogP contribution in [0.3, 0.4) is 0 Å². The van der Waals surface area contributed by atoms with E-state index in [9.17, 15) is 9.59 Å². The summed E-state index contributed by atoms with van der Waals surface area (Å²) in [4.78, 5) is 31.0. The van der Waals surface area contributed by atoms with Gasteiger partial charge in [0.05, 0.1) is 0 Å². The summed E-state index contributed by atoms with van der Waals surface area (Å²) in [5.74, 6) is 0.102. The molecule has 1 saturated heterocycles. The first-order chi connectivity index (χ1) is 13.6. The molecule has 146 valence electrons. The number of nitrogens with zero attached hydrogens (tertiary/aromatic N) is 2. The first kappa shape index (κ1) is 18.5. The van der Waals surface area contributed by atoms with Crippen LogP contribution in [0.5, 0.6) is 0 Å². The number of urea groups is 1. The molecule has 2 N–H and O–H groups in total. The lowest BCUT2D eigenvalue weighted by atomic mass is 10.0. The van der Waals surface area contributed by atoms with E-state index >= 15 is 0 Å². The second kappa shape index (κ2) is 7.62. The molecule has 6 nitrogen and oxygen atoms in total. The van der Waals surface area contributed by atoms with Crippen LogP contribution in [0.4, 0.5) is 10.5 Å². The summed E-state index contributed by atoms with van der Waals surface area (Å²) in [6.45, 7) is 3.97. The van der Waals surface area contributed by atoms with Crippen LogP contribution in [0.25, 0.3) is 0 Å². The Morgan fingerprint density at radius 2 is 2.04 bits per heavy atom. The quantitative estimate of drug-likeness (QED) is 0.839. The number of aryl methyl sites for hydroxylation is 1. The van der Waals surface area contributed by atoms with E-state index in [1.807, 2.05) is 35.2 Å². The van der Waals surface area contributed by atoms with Gasteiger partial charge in [-0.15, -0.1) is 0 Å². The van der Waals surface area contributed by atoms with Crippen LogP contribution in [-0.4, -0.2) is 34.9 Å². The van der Waals surface area contributed by atoms with Gasteiger partial charge in [0.25, 0.3) is 0 Å². The lowest BCUT2D eigenvalue weighted by Crippen LogP contribution is -2.34. The summed E-state index contributed by atoms with van der Waals surface area (Å²) in [6, 6.07) is 11.7. The molecule has 1 aliphatic carbocycles. The predicted octanol–water partition coefficient (Wildman–Crippen LogP) is 3.20. The third-order valence-corrected chi connectivity index (χ3v) is 5.98. The molecular formula is C22H26N4O2. The van der Waals surface area contributed by atoms with Gasteiger partial charge in [0.2, 0.25) is 5.91 Å². The van der Waals surface area contributed by atoms with Crippen molar-refractivity contribution in [3.05, 3.63) is 59.9 Å². The Hall–Kier alpha value is -2.89. The van der Waals surface area contributed by atoms with Gasteiger partial charge in [-0.2, -0.15) is 0 Å². The Labute approximate surface area is 165 Å². The van der Waals surface area contributed by atoms with Crippen LogP contribution in [0.15, 0.2) is 48.8 Å². The van der Waals surface area contributed by atoms with E-state index in [2.05, 4.69) is 28.6 Å². The summed E-state index contributed by atoms with van der Waals surface area (Å²) in [7, 11) is 0. The smallest absolute Gasteiger partial charge is 0.321 e. The lowest BCUT2D eigenvalue weighted by Gasteiger charge is -2.18. The monoisotopic (exact) mass is 378 g/mol. The molecule has 28 heavy (non-hydrogen) atoms. The molecule has 2 aromatic rings. The number of carbonyl (C=O) groups excluding carboxylic acids is 2. The lowest BCUT2D eigenvalue weighted by molar-refractivity contribution is -0.123. The number of hydrogen-bond acceptors (Lipinski definition) is 3. The van der Waals surface area contributed by atoms with Gasteiger partial charge in [0, 0.05) is 49.0 Å². The normalized spacial score (nSPS) is 22.9. The number of rotatable bonds is 5. The highest BCUT2D eigenvalue weighted by molar-refractivity contribution is 5.90. The Bertz CT molecular complexity index is 870. The van der Waals surface area contributed by atoms with Crippen molar-refractivity contribution in [3.8, 4) is 0 Å². The number of amides is 3. The fraction of sp³-hybridized carbons (Fsp3) is 0.409. The van der Waals surface area contributed by atoms with Gasteiger partial charge in [-0.1, -0.05) is 19.1 Å². The molecule has 1 saturated carbocycles. The van der Waals surface area contributed by atoms with Gasteiger partial charge >= 0.3 is 6.03 Å². The SMILES string of the molecule is CCc1cccc(NC(=O)N2CC[C@]3(C[C@@H]3C(=O)NCc3ccncc3)C2)c1. The Morgan fingerprint density at radius 1 is 1.21 bits per heavy atom. The van der Waals surface area contributed by atoms with E-state index in [0.29, 0.717) is 19.6 Å². The zero-order valence-corrected chi connectivity index (χ0v) is 16.1. The number of hydrogen-bond donors (Lipinski definition) is 2. The molecule has 2 atom stereocenters. The van der Waals surface area contributed by atoms with Crippen LogP contribution in [0, 0.1) is 11.3 Å². The van der Waals surface area contributed by atoms with Gasteiger partial charge in [-0.25, -0.2) is 4.79 Å². The standard InChI is InChI=1S/C22H26N4O2/c1-2-16-4-3-5-18(12-16)25-21(28)26-11-8-22(15-26)13-19(22)20(27)24-14-17-6-9-23-10-7-17/h3-7,9-10,12,19H,2,8,11,13-15H2,1H3,(H,24,27)(H,25,28)/t19-,22+/m1/s1. The van der Waals surface area contributed by atoms with Crippen molar-refractivity contribution in [1.29, 1.82) is 0 Å². The van der Waals surface area contributed by atoms with Gasteiger partial charge in [0.15, 0.2) is 0 Å².